The maximum absolute atomic E-state index is 11.3. The topological polar surface area (TPSA) is 57.8 Å². The van der Waals surface area contributed by atoms with Gasteiger partial charge in [0, 0.05) is 11.0 Å². The Morgan fingerprint density at radius 3 is 2.82 bits per heavy atom. The second-order valence-corrected chi connectivity index (χ2v) is 4.99. The first-order valence-electron chi connectivity index (χ1n) is 4.89. The van der Waals surface area contributed by atoms with Crippen molar-refractivity contribution < 1.29 is 0 Å². The monoisotopic (exact) mass is 357 g/mol. The lowest BCUT2D eigenvalue weighted by molar-refractivity contribution is 1.04. The zero-order chi connectivity index (χ0) is 12.3. The van der Waals surface area contributed by atoms with E-state index in [1.54, 1.807) is 0 Å². The molecule has 2 aromatic rings. The van der Waals surface area contributed by atoms with Gasteiger partial charge in [0.2, 0.25) is 0 Å². The average Bonchev–Trinajstić information content (AvgIpc) is 2.33. The molecule has 0 spiro atoms. The fourth-order valence-corrected chi connectivity index (χ4v) is 2.11. The SMILES string of the molecule is O=c1[nH]cnc(NCc2ccccc2Br)c1Br. The van der Waals surface area contributed by atoms with Crippen LogP contribution >= 0.6 is 31.9 Å². The summed E-state index contributed by atoms with van der Waals surface area (Å²) in [6.07, 6.45) is 1.37. The van der Waals surface area contributed by atoms with Gasteiger partial charge >= 0.3 is 0 Å². The van der Waals surface area contributed by atoms with Crippen molar-refractivity contribution in [3.63, 3.8) is 0 Å². The summed E-state index contributed by atoms with van der Waals surface area (Å²) in [6.45, 7) is 0.594. The van der Waals surface area contributed by atoms with Crippen molar-refractivity contribution >= 4 is 37.7 Å². The number of aromatic amines is 1. The van der Waals surface area contributed by atoms with E-state index in [4.69, 9.17) is 0 Å². The summed E-state index contributed by atoms with van der Waals surface area (Å²) < 4.78 is 1.43. The Labute approximate surface area is 115 Å². The third-order valence-corrected chi connectivity index (χ3v) is 3.71. The highest BCUT2D eigenvalue weighted by Gasteiger charge is 2.05. The summed E-state index contributed by atoms with van der Waals surface area (Å²) in [6, 6.07) is 7.88. The molecule has 2 rings (SSSR count). The van der Waals surface area contributed by atoms with Gasteiger partial charge in [0.25, 0.3) is 5.56 Å². The van der Waals surface area contributed by atoms with Gasteiger partial charge in [0.05, 0.1) is 6.33 Å². The van der Waals surface area contributed by atoms with Gasteiger partial charge in [0.15, 0.2) is 0 Å². The molecule has 0 radical (unpaired) electrons. The van der Waals surface area contributed by atoms with Crippen LogP contribution in [0.4, 0.5) is 5.82 Å². The fraction of sp³-hybridized carbons (Fsp3) is 0.0909. The number of aromatic nitrogens is 2. The van der Waals surface area contributed by atoms with E-state index in [9.17, 15) is 4.79 Å². The van der Waals surface area contributed by atoms with E-state index in [1.807, 2.05) is 24.3 Å². The van der Waals surface area contributed by atoms with Crippen LogP contribution in [-0.4, -0.2) is 9.97 Å². The maximum atomic E-state index is 11.3. The van der Waals surface area contributed by atoms with E-state index in [0.717, 1.165) is 10.0 Å². The molecule has 0 amide bonds. The lowest BCUT2D eigenvalue weighted by Gasteiger charge is -2.07. The van der Waals surface area contributed by atoms with Gasteiger partial charge in [-0.2, -0.15) is 0 Å². The number of rotatable bonds is 3. The zero-order valence-corrected chi connectivity index (χ0v) is 11.9. The Kier molecular flexibility index (Phi) is 3.96. The molecule has 1 aromatic heterocycles. The van der Waals surface area contributed by atoms with E-state index in [2.05, 4.69) is 47.1 Å². The molecule has 1 heterocycles. The van der Waals surface area contributed by atoms with Gasteiger partial charge in [-0.25, -0.2) is 4.98 Å². The predicted octanol–water partition coefficient (Wildman–Crippen LogP) is 2.91. The van der Waals surface area contributed by atoms with Crippen molar-refractivity contribution in [2.75, 3.05) is 5.32 Å². The quantitative estimate of drug-likeness (QED) is 0.886. The Balaban J connectivity index is 2.16. The Bertz CT molecular complexity index is 583. The largest absolute Gasteiger partial charge is 0.365 e. The van der Waals surface area contributed by atoms with Crippen molar-refractivity contribution in [3.05, 3.63) is 55.5 Å². The number of hydrogen-bond acceptors (Lipinski definition) is 3. The average molecular weight is 359 g/mol. The number of halogens is 2. The van der Waals surface area contributed by atoms with Crippen molar-refractivity contribution in [3.8, 4) is 0 Å². The molecule has 0 aliphatic heterocycles. The van der Waals surface area contributed by atoms with E-state index >= 15 is 0 Å². The molecule has 1 aromatic carbocycles. The van der Waals surface area contributed by atoms with Crippen LogP contribution in [0.25, 0.3) is 0 Å². The summed E-state index contributed by atoms with van der Waals surface area (Å²) in [5, 5.41) is 3.10. The highest BCUT2D eigenvalue weighted by atomic mass is 79.9. The van der Waals surface area contributed by atoms with Gasteiger partial charge in [-0.05, 0) is 27.6 Å². The third-order valence-electron chi connectivity index (χ3n) is 2.20. The normalized spacial score (nSPS) is 10.2. The molecular weight excluding hydrogens is 350 g/mol. The third kappa shape index (κ3) is 2.95. The molecule has 6 heteroatoms. The van der Waals surface area contributed by atoms with Crippen LogP contribution in [0, 0.1) is 0 Å². The predicted molar refractivity (Wildman–Crippen MR) is 74.0 cm³/mol. The first-order chi connectivity index (χ1) is 8.18. The van der Waals surface area contributed by atoms with Gasteiger partial charge < -0.3 is 10.3 Å². The lowest BCUT2D eigenvalue weighted by atomic mass is 10.2. The Morgan fingerprint density at radius 1 is 1.29 bits per heavy atom. The van der Waals surface area contributed by atoms with Crippen LogP contribution in [0.3, 0.4) is 0 Å². The molecule has 0 fully saturated rings. The standard InChI is InChI=1S/C11H9Br2N3O/c12-8-4-2-1-3-7(8)5-14-10-9(13)11(17)16-6-15-10/h1-4,6H,5H2,(H2,14,15,16,17). The van der Waals surface area contributed by atoms with E-state index in [-0.39, 0.29) is 5.56 Å². The molecule has 4 nitrogen and oxygen atoms in total. The number of anilines is 1. The number of nitrogens with zero attached hydrogens (tertiary/aromatic N) is 1. The van der Waals surface area contributed by atoms with Gasteiger partial charge in [-0.1, -0.05) is 34.1 Å². The van der Waals surface area contributed by atoms with Crippen molar-refractivity contribution in [1.29, 1.82) is 0 Å². The van der Waals surface area contributed by atoms with Gasteiger partial charge in [-0.15, -0.1) is 0 Å². The fourth-order valence-electron chi connectivity index (χ4n) is 1.33. The molecule has 0 saturated heterocycles. The Morgan fingerprint density at radius 2 is 2.06 bits per heavy atom. The van der Waals surface area contributed by atoms with Crippen LogP contribution in [0.15, 0.2) is 44.3 Å². The number of H-pyrrole nitrogens is 1. The lowest BCUT2D eigenvalue weighted by Crippen LogP contribution is -2.12. The molecule has 88 valence electrons. The van der Waals surface area contributed by atoms with Crippen LogP contribution < -0.4 is 10.9 Å². The highest BCUT2D eigenvalue weighted by molar-refractivity contribution is 9.10. The van der Waals surface area contributed by atoms with E-state index in [0.29, 0.717) is 16.8 Å². The van der Waals surface area contributed by atoms with E-state index < -0.39 is 0 Å². The van der Waals surface area contributed by atoms with Crippen LogP contribution in [0.2, 0.25) is 0 Å². The molecule has 0 saturated carbocycles. The second kappa shape index (κ2) is 5.46. The van der Waals surface area contributed by atoms with Crippen LogP contribution in [0.1, 0.15) is 5.56 Å². The number of nitrogens with one attached hydrogen (secondary N) is 2. The summed E-state index contributed by atoms with van der Waals surface area (Å²) in [4.78, 5) is 17.9. The first-order valence-corrected chi connectivity index (χ1v) is 6.47. The van der Waals surface area contributed by atoms with Gasteiger partial charge in [0.1, 0.15) is 10.3 Å². The highest BCUT2D eigenvalue weighted by Crippen LogP contribution is 2.19. The van der Waals surface area contributed by atoms with E-state index in [1.165, 1.54) is 6.33 Å². The van der Waals surface area contributed by atoms with Gasteiger partial charge in [-0.3, -0.25) is 4.79 Å². The molecule has 0 unspecified atom stereocenters. The molecule has 2 N–H and O–H groups in total. The molecule has 0 atom stereocenters. The summed E-state index contributed by atoms with van der Waals surface area (Å²) in [7, 11) is 0. The molecular formula is C11H9Br2N3O. The summed E-state index contributed by atoms with van der Waals surface area (Å²) in [5.41, 5.74) is 0.899. The maximum Gasteiger partial charge on any atom is 0.267 e. The smallest absolute Gasteiger partial charge is 0.267 e. The molecule has 0 aliphatic carbocycles. The van der Waals surface area contributed by atoms with Crippen LogP contribution in [-0.2, 0) is 6.54 Å². The number of hydrogen-bond donors (Lipinski definition) is 2. The minimum absolute atomic E-state index is 0.199. The zero-order valence-electron chi connectivity index (χ0n) is 8.71. The molecule has 17 heavy (non-hydrogen) atoms. The summed E-state index contributed by atoms with van der Waals surface area (Å²) in [5.74, 6) is 0.532. The molecule has 0 aliphatic rings. The summed E-state index contributed by atoms with van der Waals surface area (Å²) >= 11 is 6.65. The van der Waals surface area contributed by atoms with Crippen molar-refractivity contribution in [2.24, 2.45) is 0 Å². The second-order valence-electron chi connectivity index (χ2n) is 3.34. The Hall–Kier alpha value is -1.14. The number of benzene rings is 1. The first kappa shape index (κ1) is 12.3. The van der Waals surface area contributed by atoms with Crippen molar-refractivity contribution in [2.45, 2.75) is 6.54 Å². The minimum Gasteiger partial charge on any atom is -0.365 e. The van der Waals surface area contributed by atoms with Crippen molar-refractivity contribution in [1.82, 2.24) is 9.97 Å². The van der Waals surface area contributed by atoms with Crippen LogP contribution in [0.5, 0.6) is 0 Å². The molecule has 0 bridgehead atoms. The minimum atomic E-state index is -0.199.